The Kier molecular flexibility index (Phi) is 6.76. The maximum absolute atomic E-state index is 13.2. The first-order valence-corrected chi connectivity index (χ1v) is 10.6. The molecule has 0 saturated carbocycles. The number of carbonyl (C=O) groups excluding carboxylic acids is 1. The van der Waals surface area contributed by atoms with Crippen LogP contribution in [0.3, 0.4) is 0 Å². The molecule has 7 heteroatoms. The quantitative estimate of drug-likeness (QED) is 0.227. The van der Waals surface area contributed by atoms with Crippen molar-refractivity contribution in [3.63, 3.8) is 0 Å². The highest BCUT2D eigenvalue weighted by atomic mass is 35.5. The van der Waals surface area contributed by atoms with Crippen LogP contribution in [0.25, 0.3) is 11.1 Å². The minimum absolute atomic E-state index is 0.133. The summed E-state index contributed by atoms with van der Waals surface area (Å²) >= 11 is 5.88. The first-order chi connectivity index (χ1) is 16.0. The fourth-order valence-electron chi connectivity index (χ4n) is 3.41. The van der Waals surface area contributed by atoms with Crippen molar-refractivity contribution in [2.24, 2.45) is 4.99 Å². The van der Waals surface area contributed by atoms with Crippen molar-refractivity contribution in [3.05, 3.63) is 113 Å². The summed E-state index contributed by atoms with van der Waals surface area (Å²) in [6.07, 6.45) is 3.04. The molecule has 0 unspecified atom stereocenters. The fraction of sp³-hybridized carbons (Fsp3) is 0.0385. The third kappa shape index (κ3) is 5.61. The van der Waals surface area contributed by atoms with Gasteiger partial charge in [-0.1, -0.05) is 48.0 Å². The minimum atomic E-state index is -0.291. The molecule has 0 aliphatic heterocycles. The van der Waals surface area contributed by atoms with Gasteiger partial charge in [-0.2, -0.15) is 0 Å². The van der Waals surface area contributed by atoms with E-state index in [1.807, 2.05) is 36.5 Å². The second-order valence-electron chi connectivity index (χ2n) is 7.34. The molecule has 0 radical (unpaired) electrons. The van der Waals surface area contributed by atoms with Gasteiger partial charge in [0.25, 0.3) is 0 Å². The second kappa shape index (κ2) is 10.1. The number of aliphatic imine (C=N–C) groups is 1. The normalized spacial score (nSPS) is 11.3. The van der Waals surface area contributed by atoms with E-state index in [0.717, 1.165) is 34.3 Å². The Morgan fingerprint density at radius 1 is 1.00 bits per heavy atom. The van der Waals surface area contributed by atoms with Gasteiger partial charge in [-0.05, 0) is 59.2 Å². The molecular weight excluding hydrogens is 439 g/mol. The molecule has 3 N–H and O–H groups in total. The number of aromatic amines is 1. The lowest BCUT2D eigenvalue weighted by molar-refractivity contribution is -0.115. The predicted molar refractivity (Wildman–Crippen MR) is 131 cm³/mol. The number of hydrogen-bond donors (Lipinski definition) is 3. The average molecular weight is 459 g/mol. The first kappa shape index (κ1) is 22.2. The third-order valence-corrected chi connectivity index (χ3v) is 5.28. The first-order valence-electron chi connectivity index (χ1n) is 10.2. The number of carbonyl (C=O) groups is 1. The van der Waals surface area contributed by atoms with Gasteiger partial charge in [0, 0.05) is 22.5 Å². The summed E-state index contributed by atoms with van der Waals surface area (Å²) in [5, 5.41) is 11.0. The van der Waals surface area contributed by atoms with E-state index in [9.17, 15) is 9.18 Å². The number of amides is 1. The maximum atomic E-state index is 13.2. The Bertz CT molecular complexity index is 1290. The lowest BCUT2D eigenvalue weighted by Crippen LogP contribution is -2.14. The van der Waals surface area contributed by atoms with Crippen molar-refractivity contribution in [1.82, 2.24) is 4.98 Å². The number of nitrogens with zero attached hydrogens (tertiary/aromatic N) is 1. The molecule has 4 aromatic rings. The van der Waals surface area contributed by atoms with E-state index >= 15 is 0 Å². The smallest absolute Gasteiger partial charge is 0.228 e. The number of aromatic nitrogens is 1. The van der Waals surface area contributed by atoms with Crippen LogP contribution in [0.2, 0.25) is 5.02 Å². The van der Waals surface area contributed by atoms with Crippen LogP contribution in [0.4, 0.5) is 10.1 Å². The van der Waals surface area contributed by atoms with Crippen LogP contribution in [0.15, 0.2) is 90.1 Å². The molecule has 3 aromatic carbocycles. The summed E-state index contributed by atoms with van der Waals surface area (Å²) in [5.74, 6) is -0.423. The standard InChI is InChI=1S/C26H20ClFN4O/c27-21-7-1-17(2-8-21)13-25(33)32-23-11-5-19(6-12-23)26(31-16-29)24-14-20(15-30-24)18-3-9-22(28)10-4-18/h1-12,14-16,29-30H,13H2,(H,32,33)/b29-16?,31-26-. The highest BCUT2D eigenvalue weighted by Crippen LogP contribution is 2.23. The zero-order valence-corrected chi connectivity index (χ0v) is 18.2. The van der Waals surface area contributed by atoms with Gasteiger partial charge in [-0.15, -0.1) is 0 Å². The van der Waals surface area contributed by atoms with Crippen LogP contribution >= 0.6 is 11.6 Å². The van der Waals surface area contributed by atoms with Crippen LogP contribution in [0, 0.1) is 11.2 Å². The van der Waals surface area contributed by atoms with Crippen LogP contribution in [-0.4, -0.2) is 22.9 Å². The van der Waals surface area contributed by atoms with Crippen molar-refractivity contribution in [3.8, 4) is 11.1 Å². The Labute approximate surface area is 195 Å². The monoisotopic (exact) mass is 458 g/mol. The molecule has 0 fully saturated rings. The summed E-state index contributed by atoms with van der Waals surface area (Å²) in [6, 6.07) is 22.5. The van der Waals surface area contributed by atoms with E-state index in [1.54, 1.807) is 36.4 Å². The van der Waals surface area contributed by atoms with E-state index in [-0.39, 0.29) is 18.1 Å². The van der Waals surface area contributed by atoms with Gasteiger partial charge in [0.15, 0.2) is 0 Å². The molecule has 1 amide bonds. The van der Waals surface area contributed by atoms with Gasteiger partial charge < -0.3 is 10.3 Å². The van der Waals surface area contributed by atoms with Crippen LogP contribution < -0.4 is 5.32 Å². The number of halogens is 2. The lowest BCUT2D eigenvalue weighted by Gasteiger charge is -2.08. The Morgan fingerprint density at radius 3 is 2.36 bits per heavy atom. The van der Waals surface area contributed by atoms with Gasteiger partial charge in [0.1, 0.15) is 12.2 Å². The molecule has 0 spiro atoms. The van der Waals surface area contributed by atoms with Gasteiger partial charge in [0.2, 0.25) is 5.91 Å². The van der Waals surface area contributed by atoms with Crippen molar-refractivity contribution >= 4 is 35.2 Å². The van der Waals surface area contributed by atoms with Crippen molar-refractivity contribution in [2.45, 2.75) is 6.42 Å². The zero-order chi connectivity index (χ0) is 23.2. The summed E-state index contributed by atoms with van der Waals surface area (Å²) in [5.41, 5.74) is 5.36. The molecule has 0 saturated heterocycles. The Balaban J connectivity index is 1.48. The van der Waals surface area contributed by atoms with Gasteiger partial charge in [0.05, 0.1) is 17.8 Å². The van der Waals surface area contributed by atoms with E-state index in [4.69, 9.17) is 17.0 Å². The summed E-state index contributed by atoms with van der Waals surface area (Å²) in [7, 11) is 0. The van der Waals surface area contributed by atoms with Crippen LogP contribution in [-0.2, 0) is 11.2 Å². The molecule has 33 heavy (non-hydrogen) atoms. The lowest BCUT2D eigenvalue weighted by atomic mass is 10.0. The number of rotatable bonds is 7. The summed E-state index contributed by atoms with van der Waals surface area (Å²) in [6.45, 7) is 0. The predicted octanol–water partition coefficient (Wildman–Crippen LogP) is 6.10. The van der Waals surface area contributed by atoms with Crippen molar-refractivity contribution in [2.75, 3.05) is 5.32 Å². The van der Waals surface area contributed by atoms with Crippen LogP contribution in [0.1, 0.15) is 16.8 Å². The number of H-pyrrole nitrogens is 1. The van der Waals surface area contributed by atoms with E-state index in [0.29, 0.717) is 16.4 Å². The Morgan fingerprint density at radius 2 is 1.70 bits per heavy atom. The van der Waals surface area contributed by atoms with Crippen LogP contribution in [0.5, 0.6) is 0 Å². The topological polar surface area (TPSA) is 81.1 Å². The molecule has 0 atom stereocenters. The second-order valence-corrected chi connectivity index (χ2v) is 7.78. The molecule has 1 heterocycles. The van der Waals surface area contributed by atoms with Gasteiger partial charge in [-0.25, -0.2) is 9.38 Å². The average Bonchev–Trinajstić information content (AvgIpc) is 3.30. The molecule has 5 nitrogen and oxygen atoms in total. The molecule has 164 valence electrons. The Hall–Kier alpha value is -4.03. The minimum Gasteiger partial charge on any atom is -0.359 e. The van der Waals surface area contributed by atoms with Gasteiger partial charge >= 0.3 is 0 Å². The number of nitrogens with one attached hydrogen (secondary N) is 3. The number of hydrogen-bond acceptors (Lipinski definition) is 2. The molecule has 0 bridgehead atoms. The van der Waals surface area contributed by atoms with Crippen molar-refractivity contribution in [1.29, 1.82) is 5.41 Å². The highest BCUT2D eigenvalue weighted by molar-refractivity contribution is 6.30. The number of benzene rings is 3. The molecule has 0 aliphatic carbocycles. The van der Waals surface area contributed by atoms with E-state index in [2.05, 4.69) is 15.3 Å². The fourth-order valence-corrected chi connectivity index (χ4v) is 3.53. The highest BCUT2D eigenvalue weighted by Gasteiger charge is 2.12. The molecule has 4 rings (SSSR count). The molecule has 0 aliphatic rings. The van der Waals surface area contributed by atoms with Crippen molar-refractivity contribution < 1.29 is 9.18 Å². The summed E-state index contributed by atoms with van der Waals surface area (Å²) in [4.78, 5) is 19.7. The third-order valence-electron chi connectivity index (χ3n) is 5.03. The van der Waals surface area contributed by atoms with E-state index < -0.39 is 0 Å². The van der Waals surface area contributed by atoms with Gasteiger partial charge in [-0.3, -0.25) is 10.2 Å². The summed E-state index contributed by atoms with van der Waals surface area (Å²) < 4.78 is 13.2. The zero-order valence-electron chi connectivity index (χ0n) is 17.5. The SMILES string of the molecule is N=C/N=C(/c1ccc(NC(=O)Cc2ccc(Cl)cc2)cc1)c1cc(-c2ccc(F)cc2)c[nH]1. The maximum Gasteiger partial charge on any atom is 0.228 e. The molecular formula is C26H20ClFN4O. The largest absolute Gasteiger partial charge is 0.359 e. The van der Waals surface area contributed by atoms with E-state index in [1.165, 1.54) is 12.1 Å². The number of anilines is 1. The molecule has 1 aromatic heterocycles.